The molecule has 1 amide bonds. The quantitative estimate of drug-likeness (QED) is 0.535. The molecule has 0 radical (unpaired) electrons. The number of aromatic nitrogens is 1. The summed E-state index contributed by atoms with van der Waals surface area (Å²) in [6.45, 7) is 3.76. The first kappa shape index (κ1) is 21.6. The third kappa shape index (κ3) is 4.68. The number of ether oxygens (including phenoxy) is 3. The second kappa shape index (κ2) is 9.67. The second-order valence-corrected chi connectivity index (χ2v) is 8.98. The molecule has 3 heterocycles. The Kier molecular flexibility index (Phi) is 6.74. The highest BCUT2D eigenvalue weighted by atomic mass is 32.1. The van der Waals surface area contributed by atoms with E-state index in [1.807, 2.05) is 11.0 Å². The van der Waals surface area contributed by atoms with Gasteiger partial charge in [0.05, 0.1) is 38.4 Å². The summed E-state index contributed by atoms with van der Waals surface area (Å²) in [4.78, 5) is 23.3. The molecule has 1 aliphatic heterocycles. The maximum atomic E-state index is 13.1. The predicted molar refractivity (Wildman–Crippen MR) is 123 cm³/mol. The molecule has 0 bridgehead atoms. The van der Waals surface area contributed by atoms with Gasteiger partial charge in [-0.3, -0.25) is 9.69 Å². The molecule has 0 N–H and O–H groups in total. The van der Waals surface area contributed by atoms with E-state index < -0.39 is 0 Å². The highest BCUT2D eigenvalue weighted by molar-refractivity contribution is 7.14. The fraction of sp³-hybridized carbons (Fsp3) is 0.364. The molecule has 0 aliphatic carbocycles. The van der Waals surface area contributed by atoms with Crippen LogP contribution in [0.5, 0.6) is 17.2 Å². The van der Waals surface area contributed by atoms with Gasteiger partial charge in [-0.2, -0.15) is 0 Å². The first-order valence-electron chi connectivity index (χ1n) is 9.93. The van der Waals surface area contributed by atoms with Crippen molar-refractivity contribution < 1.29 is 19.0 Å². The first-order chi connectivity index (χ1) is 15.1. The van der Waals surface area contributed by atoms with Crippen LogP contribution in [0.3, 0.4) is 0 Å². The number of benzene rings is 1. The maximum absolute atomic E-state index is 13.1. The minimum absolute atomic E-state index is 0.0341. The van der Waals surface area contributed by atoms with Gasteiger partial charge in [-0.25, -0.2) is 4.98 Å². The molecule has 7 nitrogen and oxygen atoms in total. The third-order valence-corrected chi connectivity index (χ3v) is 6.98. The van der Waals surface area contributed by atoms with Crippen LogP contribution in [0.25, 0.3) is 10.6 Å². The van der Waals surface area contributed by atoms with Crippen molar-refractivity contribution in [2.24, 2.45) is 0 Å². The van der Waals surface area contributed by atoms with Crippen molar-refractivity contribution in [1.82, 2.24) is 14.8 Å². The molecule has 1 fully saturated rings. The Morgan fingerprint density at radius 2 is 1.74 bits per heavy atom. The number of hydrogen-bond acceptors (Lipinski definition) is 8. The largest absolute Gasteiger partial charge is 0.493 e. The van der Waals surface area contributed by atoms with Crippen LogP contribution in [-0.4, -0.2) is 68.2 Å². The summed E-state index contributed by atoms with van der Waals surface area (Å²) in [5.74, 6) is 1.41. The van der Waals surface area contributed by atoms with Crippen LogP contribution < -0.4 is 14.2 Å². The number of methoxy groups -OCH3 is 3. The average Bonchev–Trinajstić information content (AvgIpc) is 3.50. The zero-order chi connectivity index (χ0) is 21.8. The summed E-state index contributed by atoms with van der Waals surface area (Å²) in [5, 5.41) is 5.29. The Bertz CT molecular complexity index is 1000. The van der Waals surface area contributed by atoms with Crippen molar-refractivity contribution in [2.45, 2.75) is 6.54 Å². The Morgan fingerprint density at radius 1 is 1.03 bits per heavy atom. The molecule has 9 heteroatoms. The lowest BCUT2D eigenvalue weighted by atomic mass is 10.1. The van der Waals surface area contributed by atoms with E-state index in [0.717, 1.165) is 30.3 Å². The van der Waals surface area contributed by atoms with Crippen LogP contribution in [0.15, 0.2) is 35.0 Å². The Labute approximate surface area is 189 Å². The molecule has 2 aromatic heterocycles. The van der Waals surface area contributed by atoms with E-state index in [4.69, 9.17) is 19.2 Å². The van der Waals surface area contributed by atoms with Gasteiger partial charge < -0.3 is 19.1 Å². The van der Waals surface area contributed by atoms with Crippen LogP contribution in [0.2, 0.25) is 0 Å². The minimum atomic E-state index is -0.0341. The molecular weight excluding hydrogens is 434 g/mol. The van der Waals surface area contributed by atoms with Crippen molar-refractivity contribution in [3.63, 3.8) is 0 Å². The van der Waals surface area contributed by atoms with Crippen molar-refractivity contribution in [1.29, 1.82) is 0 Å². The van der Waals surface area contributed by atoms with Crippen molar-refractivity contribution in [3.05, 3.63) is 45.6 Å². The molecule has 1 saturated heterocycles. The molecule has 164 valence electrons. The van der Waals surface area contributed by atoms with Gasteiger partial charge in [0.1, 0.15) is 5.01 Å². The third-order valence-electron chi connectivity index (χ3n) is 5.26. The normalized spacial score (nSPS) is 14.5. The molecule has 1 aliphatic rings. The number of carbonyl (C=O) groups is 1. The van der Waals surface area contributed by atoms with Crippen molar-refractivity contribution in [3.8, 4) is 27.8 Å². The van der Waals surface area contributed by atoms with Gasteiger partial charge in [0, 0.05) is 37.1 Å². The van der Waals surface area contributed by atoms with E-state index in [0.29, 0.717) is 35.9 Å². The number of rotatable bonds is 7. The lowest BCUT2D eigenvalue weighted by Crippen LogP contribution is -2.48. The van der Waals surface area contributed by atoms with Crippen LogP contribution in [0, 0.1) is 0 Å². The van der Waals surface area contributed by atoms with Crippen LogP contribution in [0.1, 0.15) is 15.4 Å². The fourth-order valence-corrected chi connectivity index (χ4v) is 5.20. The highest BCUT2D eigenvalue weighted by Crippen LogP contribution is 2.38. The monoisotopic (exact) mass is 459 g/mol. The molecule has 1 aromatic carbocycles. The minimum Gasteiger partial charge on any atom is -0.493 e. The predicted octanol–water partition coefficient (Wildman–Crippen LogP) is 3.86. The Morgan fingerprint density at radius 3 is 2.32 bits per heavy atom. The molecule has 0 saturated carbocycles. The van der Waals surface area contributed by atoms with Gasteiger partial charge in [0.2, 0.25) is 5.75 Å². The molecule has 4 rings (SSSR count). The topological polar surface area (TPSA) is 64.1 Å². The van der Waals surface area contributed by atoms with E-state index in [1.165, 1.54) is 4.88 Å². The van der Waals surface area contributed by atoms with E-state index >= 15 is 0 Å². The number of amides is 1. The summed E-state index contributed by atoms with van der Waals surface area (Å²) in [7, 11) is 4.65. The number of carbonyl (C=O) groups excluding carboxylic acids is 1. The van der Waals surface area contributed by atoms with Gasteiger partial charge in [-0.05, 0) is 23.6 Å². The summed E-state index contributed by atoms with van der Waals surface area (Å²) in [5.41, 5.74) is 1.58. The molecule has 0 spiro atoms. The van der Waals surface area contributed by atoms with E-state index in [1.54, 1.807) is 56.1 Å². The van der Waals surface area contributed by atoms with Gasteiger partial charge in [0.25, 0.3) is 5.91 Å². The number of thiazole rings is 1. The molecule has 3 aromatic rings. The zero-order valence-corrected chi connectivity index (χ0v) is 19.4. The Balaban J connectivity index is 1.38. The molecule has 0 unspecified atom stereocenters. The van der Waals surface area contributed by atoms with Gasteiger partial charge in [-0.1, -0.05) is 6.07 Å². The lowest BCUT2D eigenvalue weighted by molar-refractivity contribution is 0.0627. The standard InChI is InChI=1S/C22H25N3O4S2/c1-27-17-11-15(12-18(28-2)21(17)29-3)22(26)25-8-6-24(7-9-25)13-20-23-16(14-31-20)19-5-4-10-30-19/h4-5,10-12,14H,6-9,13H2,1-3H3. The maximum Gasteiger partial charge on any atom is 0.254 e. The first-order valence-corrected chi connectivity index (χ1v) is 11.7. The number of hydrogen-bond donors (Lipinski definition) is 0. The summed E-state index contributed by atoms with van der Waals surface area (Å²) in [6, 6.07) is 7.55. The highest BCUT2D eigenvalue weighted by Gasteiger charge is 2.25. The number of piperazine rings is 1. The van der Waals surface area contributed by atoms with Crippen molar-refractivity contribution in [2.75, 3.05) is 47.5 Å². The van der Waals surface area contributed by atoms with Crippen LogP contribution in [-0.2, 0) is 6.54 Å². The van der Waals surface area contributed by atoms with E-state index in [9.17, 15) is 4.79 Å². The van der Waals surface area contributed by atoms with Crippen molar-refractivity contribution >= 4 is 28.6 Å². The smallest absolute Gasteiger partial charge is 0.254 e. The molecule has 0 atom stereocenters. The average molecular weight is 460 g/mol. The lowest BCUT2D eigenvalue weighted by Gasteiger charge is -2.34. The van der Waals surface area contributed by atoms with E-state index in [2.05, 4.69) is 21.7 Å². The number of nitrogens with zero attached hydrogens (tertiary/aromatic N) is 3. The Hall–Kier alpha value is -2.62. The SMILES string of the molecule is COc1cc(C(=O)N2CCN(Cc3nc(-c4cccs4)cs3)CC2)cc(OC)c1OC. The zero-order valence-electron chi connectivity index (χ0n) is 17.8. The molecule has 31 heavy (non-hydrogen) atoms. The van der Waals surface area contributed by atoms with E-state index in [-0.39, 0.29) is 5.91 Å². The van der Waals surface area contributed by atoms with Gasteiger partial charge in [0.15, 0.2) is 11.5 Å². The van der Waals surface area contributed by atoms with Crippen LogP contribution in [0.4, 0.5) is 0 Å². The molecular formula is C22H25N3O4S2. The van der Waals surface area contributed by atoms with Crippen LogP contribution >= 0.6 is 22.7 Å². The fourth-order valence-electron chi connectivity index (χ4n) is 3.61. The van der Waals surface area contributed by atoms with Gasteiger partial charge in [-0.15, -0.1) is 22.7 Å². The summed E-state index contributed by atoms with van der Waals surface area (Å²) < 4.78 is 16.1. The summed E-state index contributed by atoms with van der Waals surface area (Å²) >= 11 is 3.40. The van der Waals surface area contributed by atoms with Gasteiger partial charge >= 0.3 is 0 Å². The summed E-state index contributed by atoms with van der Waals surface area (Å²) in [6.07, 6.45) is 0. The number of thiophene rings is 1. The second-order valence-electron chi connectivity index (χ2n) is 7.09.